The zero-order valence-electron chi connectivity index (χ0n) is 11.6. The first kappa shape index (κ1) is 14.5. The molecule has 106 valence electrons. The van der Waals surface area contributed by atoms with Crippen molar-refractivity contribution in [1.29, 1.82) is 0 Å². The number of aryl methyl sites for hydroxylation is 1. The van der Waals surface area contributed by atoms with Crippen LogP contribution in [0.25, 0.3) is 0 Å². The summed E-state index contributed by atoms with van der Waals surface area (Å²) in [6.45, 7) is 1.14. The first-order valence-electron chi connectivity index (χ1n) is 7.02. The fourth-order valence-corrected chi connectivity index (χ4v) is 3.13. The van der Waals surface area contributed by atoms with E-state index >= 15 is 0 Å². The van der Waals surface area contributed by atoms with E-state index in [1.54, 1.807) is 0 Å². The van der Waals surface area contributed by atoms with Gasteiger partial charge in [0.1, 0.15) is 9.84 Å². The van der Waals surface area contributed by atoms with Crippen LogP contribution < -0.4 is 5.32 Å². The van der Waals surface area contributed by atoms with Crippen molar-refractivity contribution in [1.82, 2.24) is 5.32 Å². The van der Waals surface area contributed by atoms with Crippen LogP contribution >= 0.6 is 0 Å². The Labute approximate surface area is 116 Å². The molecule has 1 atom stereocenters. The van der Waals surface area contributed by atoms with Crippen LogP contribution in [0.4, 0.5) is 0 Å². The third kappa shape index (κ3) is 5.33. The van der Waals surface area contributed by atoms with Crippen LogP contribution in [0.15, 0.2) is 24.3 Å². The molecule has 1 N–H and O–H groups in total. The number of benzene rings is 1. The van der Waals surface area contributed by atoms with Gasteiger partial charge in [-0.15, -0.1) is 0 Å². The van der Waals surface area contributed by atoms with Crippen molar-refractivity contribution >= 4 is 9.84 Å². The van der Waals surface area contributed by atoms with Crippen molar-refractivity contribution in [3.63, 3.8) is 0 Å². The lowest BCUT2D eigenvalue weighted by Gasteiger charge is -2.23. The van der Waals surface area contributed by atoms with Gasteiger partial charge in [0, 0.05) is 12.3 Å². The van der Waals surface area contributed by atoms with Crippen LogP contribution in [-0.2, 0) is 22.7 Å². The molecule has 0 bridgehead atoms. The van der Waals surface area contributed by atoms with E-state index in [0.717, 1.165) is 18.5 Å². The summed E-state index contributed by atoms with van der Waals surface area (Å²) >= 11 is 0. The molecule has 1 aliphatic rings. The zero-order valence-corrected chi connectivity index (χ0v) is 12.4. The fourth-order valence-electron chi connectivity index (χ4n) is 2.53. The van der Waals surface area contributed by atoms with Crippen molar-refractivity contribution in [2.75, 3.05) is 18.6 Å². The van der Waals surface area contributed by atoms with Crippen LogP contribution in [0, 0.1) is 0 Å². The summed E-state index contributed by atoms with van der Waals surface area (Å²) in [6, 6.07) is 8.99. The zero-order chi connectivity index (χ0) is 13.7. The van der Waals surface area contributed by atoms with Gasteiger partial charge in [-0.2, -0.15) is 0 Å². The highest BCUT2D eigenvalue weighted by atomic mass is 32.2. The van der Waals surface area contributed by atoms with Crippen molar-refractivity contribution in [3.05, 3.63) is 35.4 Å². The molecule has 3 nitrogen and oxygen atoms in total. The minimum absolute atomic E-state index is 0.233. The minimum atomic E-state index is -2.87. The standard InChI is InChI=1S/C15H23NO2S/c1-19(17,18)11-9-13-5-7-14(8-6-13)12-15-4-2-3-10-16-15/h5-8,15-16H,2-4,9-12H2,1H3. The van der Waals surface area contributed by atoms with E-state index in [-0.39, 0.29) is 5.75 Å². The van der Waals surface area contributed by atoms with Crippen molar-refractivity contribution in [2.45, 2.75) is 38.1 Å². The molecule has 1 aliphatic heterocycles. The van der Waals surface area contributed by atoms with Gasteiger partial charge in [-0.1, -0.05) is 30.7 Å². The highest BCUT2D eigenvalue weighted by Crippen LogP contribution is 2.14. The maximum Gasteiger partial charge on any atom is 0.147 e. The van der Waals surface area contributed by atoms with Crippen molar-refractivity contribution < 1.29 is 8.42 Å². The Balaban J connectivity index is 1.87. The van der Waals surface area contributed by atoms with Gasteiger partial charge < -0.3 is 5.32 Å². The molecule has 1 saturated heterocycles. The largest absolute Gasteiger partial charge is 0.314 e. The Morgan fingerprint density at radius 3 is 2.42 bits per heavy atom. The Hall–Kier alpha value is -0.870. The SMILES string of the molecule is CS(=O)(=O)CCc1ccc(CC2CCCCN2)cc1. The molecule has 0 saturated carbocycles. The van der Waals surface area contributed by atoms with E-state index < -0.39 is 9.84 Å². The molecule has 1 aromatic rings. The van der Waals surface area contributed by atoms with Crippen LogP contribution in [0.1, 0.15) is 30.4 Å². The van der Waals surface area contributed by atoms with Crippen LogP contribution in [0.5, 0.6) is 0 Å². The predicted molar refractivity (Wildman–Crippen MR) is 79.2 cm³/mol. The maximum absolute atomic E-state index is 11.1. The number of rotatable bonds is 5. The quantitative estimate of drug-likeness (QED) is 0.897. The summed E-state index contributed by atoms with van der Waals surface area (Å²) in [5, 5.41) is 3.55. The molecule has 1 fully saturated rings. The smallest absolute Gasteiger partial charge is 0.147 e. The molecule has 0 aliphatic carbocycles. The van der Waals surface area contributed by atoms with Crippen LogP contribution in [-0.4, -0.2) is 33.0 Å². The molecule has 19 heavy (non-hydrogen) atoms. The summed E-state index contributed by atoms with van der Waals surface area (Å²) < 4.78 is 22.3. The van der Waals surface area contributed by atoms with E-state index in [2.05, 4.69) is 29.6 Å². The lowest BCUT2D eigenvalue weighted by Crippen LogP contribution is -2.35. The van der Waals surface area contributed by atoms with Gasteiger partial charge in [-0.3, -0.25) is 0 Å². The molecule has 1 unspecified atom stereocenters. The number of nitrogens with one attached hydrogen (secondary N) is 1. The molecule has 0 spiro atoms. The van der Waals surface area contributed by atoms with E-state index in [0.29, 0.717) is 12.5 Å². The summed E-state index contributed by atoms with van der Waals surface area (Å²) in [4.78, 5) is 0. The highest BCUT2D eigenvalue weighted by Gasteiger charge is 2.12. The third-order valence-corrected chi connectivity index (χ3v) is 4.62. The second-order valence-electron chi connectivity index (χ2n) is 5.55. The van der Waals surface area contributed by atoms with Crippen molar-refractivity contribution in [3.8, 4) is 0 Å². The number of hydrogen-bond donors (Lipinski definition) is 1. The monoisotopic (exact) mass is 281 g/mol. The first-order valence-corrected chi connectivity index (χ1v) is 9.08. The Kier molecular flexibility index (Phi) is 4.99. The molecular formula is C15H23NO2S. The topological polar surface area (TPSA) is 46.2 Å². The molecule has 4 heteroatoms. The fraction of sp³-hybridized carbons (Fsp3) is 0.600. The van der Waals surface area contributed by atoms with Gasteiger partial charge in [0.15, 0.2) is 0 Å². The van der Waals surface area contributed by atoms with E-state index in [4.69, 9.17) is 0 Å². The molecule has 2 rings (SSSR count). The second kappa shape index (κ2) is 6.53. The van der Waals surface area contributed by atoms with Gasteiger partial charge >= 0.3 is 0 Å². The van der Waals surface area contributed by atoms with Crippen LogP contribution in [0.2, 0.25) is 0 Å². The number of hydrogen-bond acceptors (Lipinski definition) is 3. The van der Waals surface area contributed by atoms with Gasteiger partial charge in [0.05, 0.1) is 5.75 Å². The van der Waals surface area contributed by atoms with Crippen molar-refractivity contribution in [2.24, 2.45) is 0 Å². The lowest BCUT2D eigenvalue weighted by molar-refractivity contribution is 0.399. The minimum Gasteiger partial charge on any atom is -0.314 e. The van der Waals surface area contributed by atoms with Gasteiger partial charge in [0.2, 0.25) is 0 Å². The second-order valence-corrected chi connectivity index (χ2v) is 7.81. The highest BCUT2D eigenvalue weighted by molar-refractivity contribution is 7.90. The van der Waals surface area contributed by atoms with Gasteiger partial charge in [-0.25, -0.2) is 8.42 Å². The molecule has 0 amide bonds. The molecule has 1 heterocycles. The number of piperidine rings is 1. The Bertz CT molecular complexity index is 487. The lowest BCUT2D eigenvalue weighted by atomic mass is 9.97. The van der Waals surface area contributed by atoms with E-state index in [9.17, 15) is 8.42 Å². The summed E-state index contributed by atoms with van der Waals surface area (Å²) in [5.41, 5.74) is 2.44. The summed E-state index contributed by atoms with van der Waals surface area (Å²) in [5.74, 6) is 0.233. The normalized spacial score (nSPS) is 20.4. The maximum atomic E-state index is 11.1. The Morgan fingerprint density at radius 2 is 1.84 bits per heavy atom. The predicted octanol–water partition coefficient (Wildman–Crippen LogP) is 1.96. The molecular weight excluding hydrogens is 258 g/mol. The molecule has 0 radical (unpaired) electrons. The average Bonchev–Trinajstić information content (AvgIpc) is 2.38. The van der Waals surface area contributed by atoms with E-state index in [1.807, 2.05) is 0 Å². The average molecular weight is 281 g/mol. The Morgan fingerprint density at radius 1 is 1.16 bits per heavy atom. The van der Waals surface area contributed by atoms with E-state index in [1.165, 1.54) is 31.1 Å². The van der Waals surface area contributed by atoms with Gasteiger partial charge in [0.25, 0.3) is 0 Å². The third-order valence-electron chi connectivity index (χ3n) is 3.68. The molecule has 1 aromatic carbocycles. The summed E-state index contributed by atoms with van der Waals surface area (Å²) in [7, 11) is -2.87. The first-order chi connectivity index (χ1) is 9.03. The summed E-state index contributed by atoms with van der Waals surface area (Å²) in [6.07, 6.45) is 6.85. The van der Waals surface area contributed by atoms with Crippen LogP contribution in [0.3, 0.4) is 0 Å². The van der Waals surface area contributed by atoms with Gasteiger partial charge in [-0.05, 0) is 43.4 Å². The molecule has 0 aromatic heterocycles. The number of sulfone groups is 1.